The van der Waals surface area contributed by atoms with Crippen LogP contribution in [-0.2, 0) is 16.4 Å². The highest BCUT2D eigenvalue weighted by atomic mass is 35.5. The average molecular weight is 616 g/mol. The standard InChI is InChI=1S/C29H33N5O4S2.ClH/c1-3-21-4-13-26-27(20-21)39-29(31-26)34-18-16-33(17-19-34)15-14-30-28(35)22-5-7-23(8-6-22)32-40(36,37)25-11-9-24(38-2)10-12-25;/h4-13,20,32H,3,14-19H2,1-2H3,(H,30,35);1H. The van der Waals surface area contributed by atoms with Gasteiger partial charge in [-0.15, -0.1) is 12.4 Å². The predicted octanol–water partition coefficient (Wildman–Crippen LogP) is 4.64. The number of hydrogen-bond donors (Lipinski definition) is 2. The van der Waals surface area contributed by atoms with E-state index in [1.54, 1.807) is 47.7 Å². The van der Waals surface area contributed by atoms with Crippen molar-refractivity contribution in [3.63, 3.8) is 0 Å². The molecule has 1 amide bonds. The van der Waals surface area contributed by atoms with Crippen LogP contribution in [0.4, 0.5) is 10.8 Å². The number of rotatable bonds is 10. The van der Waals surface area contributed by atoms with Gasteiger partial charge in [0.05, 0.1) is 22.2 Å². The number of methoxy groups -OCH3 is 1. The number of piperazine rings is 1. The minimum absolute atomic E-state index is 0. The van der Waals surface area contributed by atoms with Gasteiger partial charge in [-0.05, 0) is 72.6 Å². The van der Waals surface area contributed by atoms with Gasteiger partial charge in [-0.25, -0.2) is 13.4 Å². The Morgan fingerprint density at radius 2 is 1.71 bits per heavy atom. The van der Waals surface area contributed by atoms with Crippen LogP contribution in [0.25, 0.3) is 10.2 Å². The number of aryl methyl sites for hydroxylation is 1. The van der Waals surface area contributed by atoms with Crippen LogP contribution in [0.1, 0.15) is 22.8 Å². The first-order valence-corrected chi connectivity index (χ1v) is 15.6. The van der Waals surface area contributed by atoms with Gasteiger partial charge in [-0.2, -0.15) is 0 Å². The molecule has 0 saturated carbocycles. The molecule has 1 aliphatic heterocycles. The Labute approximate surface area is 251 Å². The first-order chi connectivity index (χ1) is 19.3. The highest BCUT2D eigenvalue weighted by Gasteiger charge is 2.20. The molecule has 0 aliphatic carbocycles. The van der Waals surface area contributed by atoms with Crippen LogP contribution in [0.15, 0.2) is 71.6 Å². The molecule has 2 heterocycles. The van der Waals surface area contributed by atoms with Crippen molar-refractivity contribution >= 4 is 60.7 Å². The number of halogens is 1. The van der Waals surface area contributed by atoms with E-state index >= 15 is 0 Å². The van der Waals surface area contributed by atoms with Crippen LogP contribution >= 0.6 is 23.7 Å². The maximum Gasteiger partial charge on any atom is 0.261 e. The fourth-order valence-electron chi connectivity index (χ4n) is 4.56. The number of anilines is 2. The monoisotopic (exact) mass is 615 g/mol. The Morgan fingerprint density at radius 3 is 2.37 bits per heavy atom. The summed E-state index contributed by atoms with van der Waals surface area (Å²) in [6.07, 6.45) is 1.02. The second-order valence-electron chi connectivity index (χ2n) is 9.60. The number of thiazole rings is 1. The van der Waals surface area contributed by atoms with E-state index in [9.17, 15) is 13.2 Å². The fourth-order valence-corrected chi connectivity index (χ4v) is 6.70. The predicted molar refractivity (Wildman–Crippen MR) is 167 cm³/mol. The molecule has 5 rings (SSSR count). The van der Waals surface area contributed by atoms with Crippen LogP contribution in [0.5, 0.6) is 5.75 Å². The summed E-state index contributed by atoms with van der Waals surface area (Å²) in [5.41, 5.74) is 3.24. The van der Waals surface area contributed by atoms with Crippen LogP contribution < -0.4 is 19.7 Å². The zero-order valence-corrected chi connectivity index (χ0v) is 25.4. The fraction of sp³-hybridized carbons (Fsp3) is 0.310. The zero-order valence-electron chi connectivity index (χ0n) is 23.0. The van der Waals surface area contributed by atoms with E-state index in [0.717, 1.165) is 49.8 Å². The summed E-state index contributed by atoms with van der Waals surface area (Å²) >= 11 is 1.75. The lowest BCUT2D eigenvalue weighted by Gasteiger charge is -2.34. The summed E-state index contributed by atoms with van der Waals surface area (Å²) in [5.74, 6) is 0.385. The largest absolute Gasteiger partial charge is 0.497 e. The Hall–Kier alpha value is -3.38. The number of hydrogen-bond acceptors (Lipinski definition) is 8. The molecular formula is C29H34ClN5O4S2. The summed E-state index contributed by atoms with van der Waals surface area (Å²) in [6.45, 7) is 7.10. The molecule has 1 aromatic heterocycles. The highest BCUT2D eigenvalue weighted by molar-refractivity contribution is 7.92. The molecule has 0 atom stereocenters. The third kappa shape index (κ3) is 7.48. The number of carbonyl (C=O) groups is 1. The number of ether oxygens (including phenoxy) is 1. The van der Waals surface area contributed by atoms with Gasteiger partial charge >= 0.3 is 0 Å². The van der Waals surface area contributed by atoms with Crippen molar-refractivity contribution in [2.75, 3.05) is 56.0 Å². The maximum absolute atomic E-state index is 12.6. The number of nitrogens with zero attached hydrogens (tertiary/aromatic N) is 3. The van der Waals surface area contributed by atoms with Crippen LogP contribution in [0.2, 0.25) is 0 Å². The molecule has 0 spiro atoms. The number of fused-ring (bicyclic) bond motifs is 1. The quantitative estimate of drug-likeness (QED) is 0.268. The summed E-state index contributed by atoms with van der Waals surface area (Å²) in [6, 6.07) is 19.0. The van der Waals surface area contributed by atoms with E-state index in [1.807, 2.05) is 0 Å². The lowest BCUT2D eigenvalue weighted by Crippen LogP contribution is -2.48. The molecule has 41 heavy (non-hydrogen) atoms. The topological polar surface area (TPSA) is 104 Å². The number of carbonyl (C=O) groups excluding carboxylic acids is 1. The molecule has 12 heteroatoms. The summed E-state index contributed by atoms with van der Waals surface area (Å²) in [7, 11) is -2.23. The average Bonchev–Trinajstić information content (AvgIpc) is 3.41. The number of amides is 1. The number of nitrogens with one attached hydrogen (secondary N) is 2. The Morgan fingerprint density at radius 1 is 1.00 bits per heavy atom. The Kier molecular flexibility index (Phi) is 10.1. The molecule has 0 unspecified atom stereocenters. The third-order valence-electron chi connectivity index (χ3n) is 6.98. The molecule has 3 aromatic carbocycles. The molecular weight excluding hydrogens is 582 g/mol. The number of sulfonamides is 1. The normalized spacial score (nSPS) is 14.0. The molecule has 4 aromatic rings. The van der Waals surface area contributed by atoms with Gasteiger partial charge < -0.3 is 15.0 Å². The van der Waals surface area contributed by atoms with E-state index in [-0.39, 0.29) is 23.2 Å². The SMILES string of the molecule is CCc1ccc2nc(N3CCN(CCNC(=O)c4ccc(NS(=O)(=O)c5ccc(OC)cc5)cc4)CC3)sc2c1.Cl. The molecule has 2 N–H and O–H groups in total. The van der Waals surface area contributed by atoms with Gasteiger partial charge in [0.25, 0.3) is 15.9 Å². The molecule has 218 valence electrons. The van der Waals surface area contributed by atoms with E-state index in [4.69, 9.17) is 9.72 Å². The lowest BCUT2D eigenvalue weighted by molar-refractivity contribution is 0.0948. The summed E-state index contributed by atoms with van der Waals surface area (Å²) in [4.78, 5) is 22.3. The van der Waals surface area contributed by atoms with Crippen molar-refractivity contribution in [2.24, 2.45) is 0 Å². The van der Waals surface area contributed by atoms with E-state index < -0.39 is 10.0 Å². The smallest absolute Gasteiger partial charge is 0.261 e. The van der Waals surface area contributed by atoms with E-state index in [2.05, 4.69) is 45.0 Å². The second-order valence-corrected chi connectivity index (χ2v) is 12.3. The van der Waals surface area contributed by atoms with Crippen molar-refractivity contribution in [3.8, 4) is 5.75 Å². The first-order valence-electron chi connectivity index (χ1n) is 13.3. The molecule has 1 aliphatic rings. The molecule has 0 bridgehead atoms. The minimum Gasteiger partial charge on any atom is -0.497 e. The lowest BCUT2D eigenvalue weighted by atomic mass is 10.2. The molecule has 9 nitrogen and oxygen atoms in total. The van der Waals surface area contributed by atoms with Gasteiger partial charge in [-0.1, -0.05) is 24.3 Å². The first kappa shape index (κ1) is 30.6. The van der Waals surface area contributed by atoms with Gasteiger partial charge in [0.1, 0.15) is 5.75 Å². The molecule has 1 fully saturated rings. The van der Waals surface area contributed by atoms with Crippen molar-refractivity contribution < 1.29 is 17.9 Å². The third-order valence-corrected chi connectivity index (χ3v) is 9.45. The number of benzene rings is 3. The summed E-state index contributed by atoms with van der Waals surface area (Å²) < 4.78 is 34.1. The Bertz CT molecular complexity index is 1570. The number of aromatic nitrogens is 1. The molecule has 0 radical (unpaired) electrons. The van der Waals surface area contributed by atoms with Gasteiger partial charge in [-0.3, -0.25) is 14.4 Å². The van der Waals surface area contributed by atoms with Crippen molar-refractivity contribution in [1.82, 2.24) is 15.2 Å². The van der Waals surface area contributed by atoms with E-state index in [1.165, 1.54) is 29.5 Å². The second kappa shape index (κ2) is 13.5. The highest BCUT2D eigenvalue weighted by Crippen LogP contribution is 2.30. The van der Waals surface area contributed by atoms with Crippen LogP contribution in [0.3, 0.4) is 0 Å². The maximum atomic E-state index is 12.6. The van der Waals surface area contributed by atoms with E-state index in [0.29, 0.717) is 23.5 Å². The summed E-state index contributed by atoms with van der Waals surface area (Å²) in [5, 5.41) is 4.04. The van der Waals surface area contributed by atoms with Gasteiger partial charge in [0, 0.05) is 50.5 Å². The minimum atomic E-state index is -3.75. The van der Waals surface area contributed by atoms with Crippen LogP contribution in [0, 0.1) is 0 Å². The Balaban J connectivity index is 0.00000387. The van der Waals surface area contributed by atoms with Crippen molar-refractivity contribution in [2.45, 2.75) is 18.2 Å². The zero-order chi connectivity index (χ0) is 28.1. The van der Waals surface area contributed by atoms with Crippen molar-refractivity contribution in [1.29, 1.82) is 0 Å². The van der Waals surface area contributed by atoms with Crippen molar-refractivity contribution in [3.05, 3.63) is 77.9 Å². The van der Waals surface area contributed by atoms with Crippen LogP contribution in [-0.4, -0.2) is 70.6 Å². The molecule has 1 saturated heterocycles. The van der Waals surface area contributed by atoms with Gasteiger partial charge in [0.2, 0.25) is 0 Å². The van der Waals surface area contributed by atoms with Gasteiger partial charge in [0.15, 0.2) is 5.13 Å².